The zero-order valence-electron chi connectivity index (χ0n) is 12.8. The molecule has 2 aromatic rings. The Kier molecular flexibility index (Phi) is 4.58. The molecule has 0 aliphatic rings. The van der Waals surface area contributed by atoms with Crippen LogP contribution in [0.25, 0.3) is 0 Å². The fourth-order valence-electron chi connectivity index (χ4n) is 1.98. The van der Waals surface area contributed by atoms with E-state index in [0.29, 0.717) is 5.75 Å². The quantitative estimate of drug-likeness (QED) is 0.622. The molecule has 1 unspecified atom stereocenters. The molecular formula is C14H16ClN3O4S. The number of nitrogens with one attached hydrogen (secondary N) is 2. The number of halogens is 1. The van der Waals surface area contributed by atoms with Gasteiger partial charge in [0.2, 0.25) is 5.78 Å². The smallest absolute Gasteiger partial charge is 0.277 e. The fourth-order valence-corrected chi connectivity index (χ4v) is 2.96. The van der Waals surface area contributed by atoms with Gasteiger partial charge >= 0.3 is 0 Å². The van der Waals surface area contributed by atoms with Crippen molar-refractivity contribution in [3.05, 3.63) is 44.8 Å². The molecule has 0 aliphatic carbocycles. The predicted molar refractivity (Wildman–Crippen MR) is 92.3 cm³/mol. The van der Waals surface area contributed by atoms with E-state index < -0.39 is 21.1 Å². The van der Waals surface area contributed by atoms with Crippen LogP contribution in [0.2, 0.25) is 5.02 Å². The van der Waals surface area contributed by atoms with E-state index in [1.165, 1.54) is 43.4 Å². The van der Waals surface area contributed by atoms with E-state index in [9.17, 15) is 13.8 Å². The molecule has 124 valence electrons. The summed E-state index contributed by atoms with van der Waals surface area (Å²) in [6, 6.07) is 2.95. The van der Waals surface area contributed by atoms with E-state index >= 15 is 0 Å². The molecule has 0 spiro atoms. The third kappa shape index (κ3) is 3.43. The normalized spacial score (nSPS) is 13.4. The van der Waals surface area contributed by atoms with Crippen LogP contribution in [0.4, 0.5) is 5.69 Å². The van der Waals surface area contributed by atoms with Gasteiger partial charge in [0.25, 0.3) is 5.56 Å². The van der Waals surface area contributed by atoms with Crippen molar-refractivity contribution in [2.75, 3.05) is 18.1 Å². The van der Waals surface area contributed by atoms with Gasteiger partial charge in [0.1, 0.15) is 17.0 Å². The SMILES string of the molecule is C=S(C)(=O)Nc1c(OC)ccc(C(=O)c2c[nH]n(C)c2=O)c1Cl. The van der Waals surface area contributed by atoms with Crippen LogP contribution in [0, 0.1) is 0 Å². The van der Waals surface area contributed by atoms with Gasteiger partial charge in [0.05, 0.1) is 12.1 Å². The molecule has 1 aromatic heterocycles. The molecule has 0 saturated carbocycles. The van der Waals surface area contributed by atoms with E-state index in [0.717, 1.165) is 0 Å². The maximum absolute atomic E-state index is 12.5. The minimum Gasteiger partial charge on any atom is -0.495 e. The minimum absolute atomic E-state index is 0.0100. The van der Waals surface area contributed by atoms with Crippen molar-refractivity contribution in [1.29, 1.82) is 0 Å². The summed E-state index contributed by atoms with van der Waals surface area (Å²) < 4.78 is 20.9. The van der Waals surface area contributed by atoms with Gasteiger partial charge in [-0.2, -0.15) is 0 Å². The number of aromatic amines is 1. The molecule has 0 radical (unpaired) electrons. The van der Waals surface area contributed by atoms with Crippen LogP contribution in [-0.4, -0.2) is 39.0 Å². The highest BCUT2D eigenvalue weighted by Gasteiger charge is 2.22. The summed E-state index contributed by atoms with van der Waals surface area (Å²) in [5.74, 6) is 3.26. The summed E-state index contributed by atoms with van der Waals surface area (Å²) in [6.45, 7) is 0. The van der Waals surface area contributed by atoms with E-state index in [-0.39, 0.29) is 21.8 Å². The Morgan fingerprint density at radius 1 is 1.43 bits per heavy atom. The first kappa shape index (κ1) is 17.2. The second kappa shape index (κ2) is 6.13. The predicted octanol–water partition coefficient (Wildman–Crippen LogP) is 1.28. The maximum Gasteiger partial charge on any atom is 0.277 e. The molecule has 0 fully saturated rings. The number of rotatable bonds is 5. The van der Waals surface area contributed by atoms with E-state index in [4.69, 9.17) is 16.3 Å². The number of ketones is 1. The molecular weight excluding hydrogens is 342 g/mol. The highest BCUT2D eigenvalue weighted by molar-refractivity contribution is 8.00. The molecule has 2 N–H and O–H groups in total. The van der Waals surface area contributed by atoms with Crippen molar-refractivity contribution < 1.29 is 13.7 Å². The third-order valence-electron chi connectivity index (χ3n) is 3.07. The van der Waals surface area contributed by atoms with Crippen LogP contribution in [0.3, 0.4) is 0 Å². The molecule has 1 heterocycles. The highest BCUT2D eigenvalue weighted by atomic mass is 35.5. The topological polar surface area (TPSA) is 93.2 Å². The lowest BCUT2D eigenvalue weighted by atomic mass is 10.1. The number of methoxy groups -OCH3 is 1. The zero-order chi connectivity index (χ0) is 17.4. The molecule has 0 amide bonds. The van der Waals surface area contributed by atoms with Crippen molar-refractivity contribution >= 4 is 38.6 Å². The van der Waals surface area contributed by atoms with E-state index in [1.807, 2.05) is 0 Å². The zero-order valence-corrected chi connectivity index (χ0v) is 14.4. The average Bonchev–Trinajstić information content (AvgIpc) is 2.79. The summed E-state index contributed by atoms with van der Waals surface area (Å²) in [7, 11) is 0.273. The Bertz CT molecular complexity index is 928. The monoisotopic (exact) mass is 357 g/mol. The molecule has 0 aliphatic heterocycles. The van der Waals surface area contributed by atoms with Gasteiger partial charge in [-0.1, -0.05) is 11.6 Å². The maximum atomic E-state index is 12.5. The Balaban J connectivity index is 2.61. The second-order valence-electron chi connectivity index (χ2n) is 4.99. The van der Waals surface area contributed by atoms with Crippen molar-refractivity contribution in [2.24, 2.45) is 7.05 Å². The number of nitrogens with zero attached hydrogens (tertiary/aromatic N) is 1. The molecule has 1 aromatic carbocycles. The summed E-state index contributed by atoms with van der Waals surface area (Å²) in [5, 5.41) is 2.64. The van der Waals surface area contributed by atoms with Gasteiger partial charge in [0.15, 0.2) is 0 Å². The van der Waals surface area contributed by atoms with Crippen LogP contribution in [0.5, 0.6) is 5.75 Å². The van der Waals surface area contributed by atoms with E-state index in [1.54, 1.807) is 0 Å². The number of aryl methyl sites for hydroxylation is 1. The van der Waals surface area contributed by atoms with Gasteiger partial charge in [-0.25, -0.2) is 4.21 Å². The van der Waals surface area contributed by atoms with Gasteiger partial charge in [-0.05, 0) is 18.0 Å². The molecule has 0 saturated heterocycles. The van der Waals surface area contributed by atoms with Crippen molar-refractivity contribution in [3.63, 3.8) is 0 Å². The van der Waals surface area contributed by atoms with Crippen molar-refractivity contribution in [3.8, 4) is 5.75 Å². The lowest BCUT2D eigenvalue weighted by Crippen LogP contribution is -2.20. The molecule has 9 heteroatoms. The molecule has 0 bridgehead atoms. The first-order valence-electron chi connectivity index (χ1n) is 6.41. The number of carbonyl (C=O) groups is 1. The number of benzene rings is 1. The van der Waals surface area contributed by atoms with Crippen molar-refractivity contribution in [1.82, 2.24) is 9.78 Å². The average molecular weight is 358 g/mol. The molecule has 7 nitrogen and oxygen atoms in total. The van der Waals surface area contributed by atoms with Gasteiger partial charge in [0, 0.05) is 34.8 Å². The third-order valence-corrected chi connectivity index (χ3v) is 4.10. The largest absolute Gasteiger partial charge is 0.495 e. The Labute approximate surface area is 138 Å². The number of hydrogen-bond donors (Lipinski definition) is 2. The Hall–Kier alpha value is -2.19. The molecule has 1 atom stereocenters. The van der Waals surface area contributed by atoms with E-state index in [2.05, 4.69) is 15.7 Å². The highest BCUT2D eigenvalue weighted by Crippen LogP contribution is 2.36. The second-order valence-corrected chi connectivity index (χ2v) is 7.58. The standard InChI is InChI=1S/C14H16ClN3O4S/c1-18-14(20)9(7-16-18)13(19)8-5-6-10(22-2)12(11(8)15)17-23(3,4)21/h5-7,16H,3H2,1-2,4H3,(H,17,21). The number of ether oxygens (including phenoxy) is 1. The summed E-state index contributed by atoms with van der Waals surface area (Å²) in [6.07, 6.45) is 2.70. The minimum atomic E-state index is -2.64. The van der Waals surface area contributed by atoms with Gasteiger partial charge in [-0.15, -0.1) is 0 Å². The number of aromatic nitrogens is 2. The van der Waals surface area contributed by atoms with Gasteiger partial charge < -0.3 is 14.6 Å². The Morgan fingerprint density at radius 2 is 2.09 bits per heavy atom. The number of hydrogen-bond acceptors (Lipinski definition) is 4. The number of H-pyrrole nitrogens is 1. The van der Waals surface area contributed by atoms with Crippen LogP contribution in [0.1, 0.15) is 15.9 Å². The first-order chi connectivity index (χ1) is 10.7. The fraction of sp³-hybridized carbons (Fsp3) is 0.214. The Morgan fingerprint density at radius 3 is 2.57 bits per heavy atom. The number of carbonyl (C=O) groups excluding carboxylic acids is 1. The molecule has 23 heavy (non-hydrogen) atoms. The van der Waals surface area contributed by atoms with Crippen molar-refractivity contribution in [2.45, 2.75) is 0 Å². The summed E-state index contributed by atoms with van der Waals surface area (Å²) in [4.78, 5) is 24.4. The van der Waals surface area contributed by atoms with Crippen LogP contribution in [0.15, 0.2) is 23.1 Å². The lowest BCUT2D eigenvalue weighted by molar-refractivity contribution is 0.103. The summed E-state index contributed by atoms with van der Waals surface area (Å²) in [5.41, 5.74) is -0.226. The molecule has 2 rings (SSSR count). The number of anilines is 1. The van der Waals surface area contributed by atoms with Crippen LogP contribution >= 0.6 is 11.6 Å². The van der Waals surface area contributed by atoms with Gasteiger partial charge in [-0.3, -0.25) is 14.3 Å². The van der Waals surface area contributed by atoms with Crippen LogP contribution in [-0.2, 0) is 16.8 Å². The lowest BCUT2D eigenvalue weighted by Gasteiger charge is -2.15. The van der Waals surface area contributed by atoms with Crippen LogP contribution < -0.4 is 15.0 Å². The first-order valence-corrected chi connectivity index (χ1v) is 8.92. The summed E-state index contributed by atoms with van der Waals surface area (Å²) >= 11 is 6.27.